The van der Waals surface area contributed by atoms with E-state index in [0.717, 1.165) is 0 Å². The van der Waals surface area contributed by atoms with Crippen LogP contribution in [0.1, 0.15) is 20.3 Å². The first-order valence-corrected chi connectivity index (χ1v) is 4.63. The van der Waals surface area contributed by atoms with Crippen molar-refractivity contribution in [2.24, 2.45) is 0 Å². The summed E-state index contributed by atoms with van der Waals surface area (Å²) in [5.41, 5.74) is -0.989. The van der Waals surface area contributed by atoms with Gasteiger partial charge in [0.25, 0.3) is 0 Å². The molecule has 2 saturated heterocycles. The molecule has 80 valence electrons. The Morgan fingerprint density at radius 1 is 1.57 bits per heavy atom. The molecule has 0 aromatic rings. The fourth-order valence-electron chi connectivity index (χ4n) is 1.87. The maximum atomic E-state index is 11.5. The molecule has 2 rings (SSSR count). The number of aliphatic hydroxyl groups is 1. The molecular formula is C9H14O5. The van der Waals surface area contributed by atoms with Gasteiger partial charge in [0.05, 0.1) is 13.2 Å². The minimum absolute atomic E-state index is 0.169. The van der Waals surface area contributed by atoms with Gasteiger partial charge in [0.1, 0.15) is 6.10 Å². The average Bonchev–Trinajstić information content (AvgIpc) is 2.56. The van der Waals surface area contributed by atoms with Crippen molar-refractivity contribution in [2.45, 2.75) is 37.8 Å². The standard InChI is InChI=1S/C9H14O5/c1-8(2)12-5-9(14-8)3-6(4-10)13-7(9)11/h6,10H,3-5H2,1-2H3/t6-,9-/m0/s1. The zero-order chi connectivity index (χ0) is 10.4. The molecule has 0 bridgehead atoms. The second-order valence-corrected chi connectivity index (χ2v) is 4.20. The first-order chi connectivity index (χ1) is 6.47. The average molecular weight is 202 g/mol. The number of rotatable bonds is 1. The minimum Gasteiger partial charge on any atom is -0.458 e. The van der Waals surface area contributed by atoms with Crippen LogP contribution in [0.15, 0.2) is 0 Å². The van der Waals surface area contributed by atoms with Crippen LogP contribution in [0, 0.1) is 0 Å². The van der Waals surface area contributed by atoms with E-state index in [1.165, 1.54) is 0 Å². The van der Waals surface area contributed by atoms with Gasteiger partial charge in [0, 0.05) is 6.42 Å². The highest BCUT2D eigenvalue weighted by molar-refractivity contribution is 5.82. The predicted molar refractivity (Wildman–Crippen MR) is 45.4 cm³/mol. The smallest absolute Gasteiger partial charge is 0.341 e. The molecular weight excluding hydrogens is 188 g/mol. The molecule has 1 N–H and O–H groups in total. The molecule has 0 saturated carbocycles. The summed E-state index contributed by atoms with van der Waals surface area (Å²) in [7, 11) is 0. The topological polar surface area (TPSA) is 65.0 Å². The molecule has 14 heavy (non-hydrogen) atoms. The third-order valence-corrected chi connectivity index (χ3v) is 2.50. The van der Waals surface area contributed by atoms with Gasteiger partial charge in [-0.3, -0.25) is 0 Å². The third-order valence-electron chi connectivity index (χ3n) is 2.50. The molecule has 2 aliphatic heterocycles. The lowest BCUT2D eigenvalue weighted by Crippen LogP contribution is -2.39. The van der Waals surface area contributed by atoms with Crippen molar-refractivity contribution in [1.82, 2.24) is 0 Å². The number of esters is 1. The molecule has 0 aromatic heterocycles. The fourth-order valence-corrected chi connectivity index (χ4v) is 1.87. The SMILES string of the molecule is CC1(C)OC[C@]2(C[C@@H](CO)OC2=O)O1. The second kappa shape index (κ2) is 2.92. The lowest BCUT2D eigenvalue weighted by molar-refractivity contribution is -0.177. The van der Waals surface area contributed by atoms with Crippen molar-refractivity contribution in [2.75, 3.05) is 13.2 Å². The van der Waals surface area contributed by atoms with Crippen molar-refractivity contribution in [3.05, 3.63) is 0 Å². The van der Waals surface area contributed by atoms with Gasteiger partial charge in [-0.2, -0.15) is 0 Å². The van der Waals surface area contributed by atoms with Gasteiger partial charge < -0.3 is 19.3 Å². The largest absolute Gasteiger partial charge is 0.458 e. The van der Waals surface area contributed by atoms with Gasteiger partial charge in [-0.05, 0) is 13.8 Å². The lowest BCUT2D eigenvalue weighted by atomic mass is 10.0. The number of hydrogen-bond donors (Lipinski definition) is 1. The Hall–Kier alpha value is -0.650. The maximum Gasteiger partial charge on any atom is 0.341 e. The summed E-state index contributed by atoms with van der Waals surface area (Å²) < 4.78 is 15.8. The van der Waals surface area contributed by atoms with E-state index in [0.29, 0.717) is 6.42 Å². The molecule has 5 nitrogen and oxygen atoms in total. The Morgan fingerprint density at radius 3 is 2.71 bits per heavy atom. The van der Waals surface area contributed by atoms with E-state index in [1.54, 1.807) is 13.8 Å². The molecule has 2 fully saturated rings. The molecule has 2 aliphatic rings. The van der Waals surface area contributed by atoms with E-state index in [-0.39, 0.29) is 13.2 Å². The fraction of sp³-hybridized carbons (Fsp3) is 0.889. The van der Waals surface area contributed by atoms with E-state index in [4.69, 9.17) is 19.3 Å². The minimum atomic E-state index is -0.989. The monoisotopic (exact) mass is 202 g/mol. The molecule has 5 heteroatoms. The Morgan fingerprint density at radius 2 is 2.29 bits per heavy atom. The highest BCUT2D eigenvalue weighted by atomic mass is 16.8. The number of carbonyl (C=O) groups excluding carboxylic acids is 1. The summed E-state index contributed by atoms with van der Waals surface area (Å²) in [5.74, 6) is -1.18. The van der Waals surface area contributed by atoms with Crippen LogP contribution in [0.5, 0.6) is 0 Å². The van der Waals surface area contributed by atoms with Gasteiger partial charge in [-0.25, -0.2) is 4.79 Å². The predicted octanol–water partition coefficient (Wildman–Crippen LogP) is -0.184. The Balaban J connectivity index is 2.15. The molecule has 2 heterocycles. The normalized spacial score (nSPS) is 40.5. The first-order valence-electron chi connectivity index (χ1n) is 4.63. The van der Waals surface area contributed by atoms with E-state index in [9.17, 15) is 4.79 Å². The van der Waals surface area contributed by atoms with E-state index < -0.39 is 23.5 Å². The highest BCUT2D eigenvalue weighted by Gasteiger charge is 2.57. The van der Waals surface area contributed by atoms with Crippen molar-refractivity contribution in [3.8, 4) is 0 Å². The lowest BCUT2D eigenvalue weighted by Gasteiger charge is -2.20. The van der Waals surface area contributed by atoms with Crippen molar-refractivity contribution < 1.29 is 24.1 Å². The molecule has 2 atom stereocenters. The Bertz CT molecular complexity index is 262. The molecule has 0 aliphatic carbocycles. The number of aliphatic hydroxyl groups excluding tert-OH is 1. The number of hydrogen-bond acceptors (Lipinski definition) is 5. The quantitative estimate of drug-likeness (QED) is 0.597. The maximum absolute atomic E-state index is 11.5. The molecule has 0 unspecified atom stereocenters. The van der Waals surface area contributed by atoms with Gasteiger partial charge in [-0.15, -0.1) is 0 Å². The van der Waals surface area contributed by atoms with Crippen LogP contribution < -0.4 is 0 Å². The number of cyclic esters (lactones) is 1. The van der Waals surface area contributed by atoms with Crippen LogP contribution in [0.3, 0.4) is 0 Å². The van der Waals surface area contributed by atoms with Crippen LogP contribution in [-0.2, 0) is 19.0 Å². The molecule has 1 spiro atoms. The summed E-state index contributed by atoms with van der Waals surface area (Å²) in [6, 6.07) is 0. The van der Waals surface area contributed by atoms with Crippen molar-refractivity contribution >= 4 is 5.97 Å². The number of ether oxygens (including phenoxy) is 3. The van der Waals surface area contributed by atoms with Gasteiger partial charge >= 0.3 is 5.97 Å². The summed E-state index contributed by atoms with van der Waals surface area (Å²) in [5, 5.41) is 8.88. The Kier molecular flexibility index (Phi) is 2.06. The second-order valence-electron chi connectivity index (χ2n) is 4.20. The van der Waals surface area contributed by atoms with Crippen LogP contribution in [0.2, 0.25) is 0 Å². The van der Waals surface area contributed by atoms with E-state index in [2.05, 4.69) is 0 Å². The number of carbonyl (C=O) groups is 1. The zero-order valence-electron chi connectivity index (χ0n) is 8.28. The Labute approximate surface area is 81.9 Å². The van der Waals surface area contributed by atoms with Crippen molar-refractivity contribution in [3.63, 3.8) is 0 Å². The van der Waals surface area contributed by atoms with Crippen LogP contribution in [0.25, 0.3) is 0 Å². The van der Waals surface area contributed by atoms with Gasteiger partial charge in [0.2, 0.25) is 0 Å². The van der Waals surface area contributed by atoms with Gasteiger partial charge in [0.15, 0.2) is 11.4 Å². The summed E-state index contributed by atoms with van der Waals surface area (Å²) in [6.45, 7) is 3.54. The first kappa shape index (κ1) is 9.89. The van der Waals surface area contributed by atoms with E-state index in [1.807, 2.05) is 0 Å². The van der Waals surface area contributed by atoms with Crippen LogP contribution in [-0.4, -0.2) is 41.8 Å². The highest BCUT2D eigenvalue weighted by Crippen LogP contribution is 2.39. The zero-order valence-corrected chi connectivity index (χ0v) is 8.28. The molecule has 0 amide bonds. The van der Waals surface area contributed by atoms with E-state index >= 15 is 0 Å². The third kappa shape index (κ3) is 1.41. The molecule has 0 aromatic carbocycles. The van der Waals surface area contributed by atoms with Gasteiger partial charge in [-0.1, -0.05) is 0 Å². The van der Waals surface area contributed by atoms with Crippen LogP contribution in [0.4, 0.5) is 0 Å². The summed E-state index contributed by atoms with van der Waals surface area (Å²) in [6.07, 6.45) is -0.0915. The molecule has 0 radical (unpaired) electrons. The summed E-state index contributed by atoms with van der Waals surface area (Å²) in [4.78, 5) is 11.5. The van der Waals surface area contributed by atoms with Crippen LogP contribution >= 0.6 is 0 Å². The van der Waals surface area contributed by atoms with Crippen molar-refractivity contribution in [1.29, 1.82) is 0 Å². The summed E-state index contributed by atoms with van der Waals surface area (Å²) >= 11 is 0.